The molecule has 3 heteroatoms. The van der Waals surface area contributed by atoms with Crippen LogP contribution < -0.4 is 51.4 Å². The van der Waals surface area contributed by atoms with Gasteiger partial charge in [0.1, 0.15) is 6.61 Å². The van der Waals surface area contributed by atoms with Crippen LogP contribution in [-0.4, -0.2) is 13.1 Å². The fraction of sp³-hybridized carbons (Fsp3) is 0.250. The maximum Gasteiger partial charge on any atom is 1.00 e. The van der Waals surface area contributed by atoms with Gasteiger partial charge in [0.15, 0.2) is 0 Å². The molecule has 0 rings (SSSR count). The van der Waals surface area contributed by atoms with Gasteiger partial charge in [-0.3, -0.25) is 4.79 Å². The summed E-state index contributed by atoms with van der Waals surface area (Å²) in [5.41, 5.74) is 0. The van der Waals surface area contributed by atoms with Crippen molar-refractivity contribution in [3.8, 4) is 0 Å². The van der Waals surface area contributed by atoms with Crippen LogP contribution in [0.15, 0.2) is 12.7 Å². The van der Waals surface area contributed by atoms with Crippen LogP contribution in [0.4, 0.5) is 0 Å². The monoisotopic (exact) mass is 126 g/mol. The number of carbonyl (C=O) groups is 1. The second kappa shape index (κ2) is 9.96. The first-order valence-electron chi connectivity index (χ1n) is 1.58. The van der Waals surface area contributed by atoms with E-state index in [2.05, 4.69) is 11.3 Å². The Morgan fingerprint density at radius 2 is 2.43 bits per heavy atom. The normalized spacial score (nSPS) is 5.71. The van der Waals surface area contributed by atoms with E-state index in [0.717, 1.165) is 0 Å². The minimum Gasteiger partial charge on any atom is -1.00 e. The summed E-state index contributed by atoms with van der Waals surface area (Å²) in [6, 6.07) is 0. The average molecular weight is 126 g/mol. The molecule has 7 heavy (non-hydrogen) atoms. The van der Waals surface area contributed by atoms with Crippen molar-refractivity contribution in [2.45, 2.75) is 0 Å². The molecule has 0 N–H and O–H groups in total. The summed E-state index contributed by atoms with van der Waals surface area (Å²) in [4.78, 5) is 9.29. The average Bonchev–Trinajstić information content (AvgIpc) is 1.61. The molecule has 0 aromatic rings. The predicted octanol–water partition coefficient (Wildman–Crippen LogP) is -2.54. The second-order valence-electron chi connectivity index (χ2n) is 0.718. The number of ether oxygens (including phenoxy) is 1. The third-order valence-electron chi connectivity index (χ3n) is 0.282. The fourth-order valence-electron chi connectivity index (χ4n) is 0.107. The topological polar surface area (TPSA) is 26.3 Å². The zero-order valence-corrected chi connectivity index (χ0v) is 7.51. The maximum absolute atomic E-state index is 9.29. The Bertz CT molecular complexity index is 50.0. The Labute approximate surface area is 86.8 Å². The molecule has 0 aliphatic heterocycles. The molecule has 36 valence electrons. The summed E-state index contributed by atoms with van der Waals surface area (Å²) in [5.74, 6) is 0. The molecular weight excluding hydrogens is 119 g/mol. The first-order chi connectivity index (χ1) is 2.91. The third-order valence-corrected chi connectivity index (χ3v) is 0.282. The van der Waals surface area contributed by atoms with Crippen LogP contribution >= 0.6 is 0 Å². The van der Waals surface area contributed by atoms with Crippen molar-refractivity contribution in [1.82, 2.24) is 0 Å². The van der Waals surface area contributed by atoms with Gasteiger partial charge < -0.3 is 6.16 Å². The maximum atomic E-state index is 9.29. The fourth-order valence-corrected chi connectivity index (χ4v) is 0.107. The number of hydrogen-bond donors (Lipinski definition) is 0. The van der Waals surface area contributed by atoms with Gasteiger partial charge in [-0.2, -0.15) is 0 Å². The Hall–Kier alpha value is 0.846. The van der Waals surface area contributed by atoms with E-state index in [9.17, 15) is 4.79 Å². The van der Waals surface area contributed by atoms with Crippen molar-refractivity contribution in [2.75, 3.05) is 6.61 Å². The van der Waals surface area contributed by atoms with Gasteiger partial charge in [-0.1, -0.05) is 12.7 Å². The molecule has 0 radical (unpaired) electrons. The minimum atomic E-state index is 0. The van der Waals surface area contributed by atoms with Crippen molar-refractivity contribution in [3.63, 3.8) is 0 Å². The van der Waals surface area contributed by atoms with E-state index in [1.165, 1.54) is 6.08 Å². The molecule has 0 amide bonds. The van der Waals surface area contributed by atoms with Crippen LogP contribution in [0, 0.1) is 0 Å². The predicted molar refractivity (Wildman–Crippen MR) is 23.3 cm³/mol. The molecule has 0 aromatic carbocycles. The summed E-state index contributed by atoms with van der Waals surface area (Å²) in [6.07, 6.45) is 1.51. The minimum absolute atomic E-state index is 0. The smallest absolute Gasteiger partial charge is 1.00 e. The van der Waals surface area contributed by atoms with Crippen LogP contribution in [-0.2, 0) is 9.53 Å². The summed E-state index contributed by atoms with van der Waals surface area (Å²) in [5, 5.41) is 0. The van der Waals surface area contributed by atoms with Crippen LogP contribution in [0.25, 0.3) is 0 Å². The van der Waals surface area contributed by atoms with Gasteiger partial charge >= 0.3 is 51.4 Å². The first-order valence-corrected chi connectivity index (χ1v) is 1.58. The first kappa shape index (κ1) is 10.8. The van der Waals surface area contributed by atoms with Crippen LogP contribution in [0.5, 0.6) is 0 Å². The Balaban J connectivity index is -0.000000125. The van der Waals surface area contributed by atoms with Crippen molar-refractivity contribution in [3.05, 3.63) is 12.7 Å². The molecule has 0 aliphatic rings. The van der Waals surface area contributed by atoms with E-state index in [4.69, 9.17) is 0 Å². The zero-order valence-electron chi connectivity index (χ0n) is 5.39. The summed E-state index contributed by atoms with van der Waals surface area (Å²) >= 11 is 0. The van der Waals surface area contributed by atoms with Gasteiger partial charge in [-0.05, 0) is 0 Å². The SMILES string of the molecule is C=CCOC=O.[H-].[K+]. The van der Waals surface area contributed by atoms with Crippen LogP contribution in [0.3, 0.4) is 0 Å². The standard InChI is InChI=1S/C4H6O2.K.H/c1-2-3-6-4-5;;/h2,4H,1,3H2;;/q;+1;-1. The van der Waals surface area contributed by atoms with E-state index in [1.807, 2.05) is 0 Å². The third kappa shape index (κ3) is 10.9. The van der Waals surface area contributed by atoms with Crippen molar-refractivity contribution in [2.24, 2.45) is 0 Å². The number of carbonyl (C=O) groups excluding carboxylic acids is 1. The molecule has 0 aliphatic carbocycles. The summed E-state index contributed by atoms with van der Waals surface area (Å²) < 4.78 is 4.18. The molecule has 0 aromatic heterocycles. The molecule has 0 spiro atoms. The van der Waals surface area contributed by atoms with Gasteiger partial charge in [0.05, 0.1) is 0 Å². The number of hydrogen-bond acceptors (Lipinski definition) is 2. The molecule has 0 saturated heterocycles. The molecule has 0 unspecified atom stereocenters. The number of rotatable bonds is 3. The Morgan fingerprint density at radius 3 is 2.57 bits per heavy atom. The summed E-state index contributed by atoms with van der Waals surface area (Å²) in [6.45, 7) is 4.01. The van der Waals surface area contributed by atoms with Crippen LogP contribution in [0.2, 0.25) is 0 Å². The molecular formula is C4H7KO2. The largest absolute Gasteiger partial charge is 1.00 e. The van der Waals surface area contributed by atoms with Crippen molar-refractivity contribution >= 4 is 6.47 Å². The second-order valence-corrected chi connectivity index (χ2v) is 0.718. The van der Waals surface area contributed by atoms with Gasteiger partial charge in [0.2, 0.25) is 0 Å². The van der Waals surface area contributed by atoms with E-state index in [-0.39, 0.29) is 52.8 Å². The van der Waals surface area contributed by atoms with Gasteiger partial charge in [-0.25, -0.2) is 0 Å². The van der Waals surface area contributed by atoms with E-state index in [0.29, 0.717) is 13.1 Å². The molecule has 0 atom stereocenters. The van der Waals surface area contributed by atoms with Crippen LogP contribution in [0.1, 0.15) is 1.43 Å². The van der Waals surface area contributed by atoms with Crippen molar-refractivity contribution in [1.29, 1.82) is 0 Å². The molecule has 0 bridgehead atoms. The van der Waals surface area contributed by atoms with Gasteiger partial charge in [0.25, 0.3) is 6.47 Å². The quantitative estimate of drug-likeness (QED) is 0.180. The van der Waals surface area contributed by atoms with E-state index in [1.54, 1.807) is 0 Å². The molecule has 0 heterocycles. The van der Waals surface area contributed by atoms with E-state index >= 15 is 0 Å². The van der Waals surface area contributed by atoms with E-state index < -0.39 is 0 Å². The van der Waals surface area contributed by atoms with Gasteiger partial charge in [-0.15, -0.1) is 0 Å². The molecule has 0 saturated carbocycles. The van der Waals surface area contributed by atoms with Crippen molar-refractivity contribution < 1.29 is 62.3 Å². The molecule has 0 fully saturated rings. The zero-order chi connectivity index (χ0) is 4.83. The molecule has 2 nitrogen and oxygen atoms in total. The summed E-state index contributed by atoms with van der Waals surface area (Å²) in [7, 11) is 0. The Morgan fingerprint density at radius 1 is 1.86 bits per heavy atom. The Kier molecular flexibility index (Phi) is 15.3. The van der Waals surface area contributed by atoms with Gasteiger partial charge in [0, 0.05) is 0 Å².